The van der Waals surface area contributed by atoms with Gasteiger partial charge in [0.2, 0.25) is 0 Å². The van der Waals surface area contributed by atoms with E-state index >= 15 is 0 Å². The Morgan fingerprint density at radius 3 is 2.73 bits per heavy atom. The predicted molar refractivity (Wildman–Crippen MR) is 59.8 cm³/mol. The minimum absolute atomic E-state index is 0.0722. The van der Waals surface area contributed by atoms with Gasteiger partial charge in [0, 0.05) is 31.2 Å². The van der Waals surface area contributed by atoms with Crippen LogP contribution in [0.3, 0.4) is 0 Å². The Hall–Kier alpha value is -0.930. The summed E-state index contributed by atoms with van der Waals surface area (Å²) in [6.07, 6.45) is 0.789. The van der Waals surface area contributed by atoms with Gasteiger partial charge in [0.25, 0.3) is 0 Å². The van der Waals surface area contributed by atoms with Gasteiger partial charge in [-0.05, 0) is 18.6 Å². The Bertz CT molecular complexity index is 326. The first kappa shape index (κ1) is 12.1. The topological polar surface area (TPSA) is 38.7 Å². The van der Waals surface area contributed by atoms with Crippen molar-refractivity contribution in [3.8, 4) is 11.5 Å². The maximum Gasteiger partial charge on any atom is 0.161 e. The van der Waals surface area contributed by atoms with Crippen LogP contribution in [0.15, 0.2) is 12.1 Å². The first-order valence-electron chi connectivity index (χ1n) is 4.76. The summed E-state index contributed by atoms with van der Waals surface area (Å²) >= 11 is 5.83. The Kier molecular flexibility index (Phi) is 4.72. The van der Waals surface area contributed by atoms with Crippen LogP contribution in [0.4, 0.5) is 0 Å². The summed E-state index contributed by atoms with van der Waals surface area (Å²) in [6.45, 7) is 3.03. The molecular formula is C11H15ClO3. The summed E-state index contributed by atoms with van der Waals surface area (Å²) in [5.41, 5.74) is 0.885. The fourth-order valence-corrected chi connectivity index (χ4v) is 1.30. The van der Waals surface area contributed by atoms with Gasteiger partial charge in [-0.15, -0.1) is 0 Å². The van der Waals surface area contributed by atoms with E-state index < -0.39 is 0 Å². The van der Waals surface area contributed by atoms with E-state index in [1.165, 1.54) is 6.07 Å². The lowest BCUT2D eigenvalue weighted by atomic mass is 10.2. The van der Waals surface area contributed by atoms with Gasteiger partial charge in [-0.25, -0.2) is 0 Å². The van der Waals surface area contributed by atoms with E-state index in [-0.39, 0.29) is 5.75 Å². The van der Waals surface area contributed by atoms with E-state index in [1.807, 2.05) is 6.92 Å². The highest BCUT2D eigenvalue weighted by molar-refractivity contribution is 6.31. The van der Waals surface area contributed by atoms with E-state index in [2.05, 4.69) is 0 Å². The van der Waals surface area contributed by atoms with Gasteiger partial charge < -0.3 is 14.6 Å². The summed E-state index contributed by atoms with van der Waals surface area (Å²) in [5, 5.41) is 10.1. The fraction of sp³-hybridized carbons (Fsp3) is 0.455. The van der Waals surface area contributed by atoms with Crippen molar-refractivity contribution in [2.24, 2.45) is 0 Å². The minimum atomic E-state index is 0.0722. The van der Waals surface area contributed by atoms with Gasteiger partial charge >= 0.3 is 0 Å². The van der Waals surface area contributed by atoms with Crippen LogP contribution in [-0.4, -0.2) is 25.4 Å². The number of ether oxygens (including phenoxy) is 2. The molecule has 0 aliphatic carbocycles. The molecular weight excluding hydrogens is 216 g/mol. The normalized spacial score (nSPS) is 10.3. The molecule has 0 atom stereocenters. The fourth-order valence-electron chi connectivity index (χ4n) is 1.15. The lowest BCUT2D eigenvalue weighted by Crippen LogP contribution is -2.01. The Balaban J connectivity index is 2.57. The molecule has 0 fully saturated rings. The SMILES string of the molecule is COCCCOc1cc(C)c(Cl)cc1O. The lowest BCUT2D eigenvalue weighted by Gasteiger charge is -2.09. The third-order valence-corrected chi connectivity index (χ3v) is 2.40. The van der Waals surface area contributed by atoms with Crippen molar-refractivity contribution in [1.29, 1.82) is 0 Å². The number of hydrogen-bond acceptors (Lipinski definition) is 3. The van der Waals surface area contributed by atoms with Gasteiger partial charge in [0.05, 0.1) is 6.61 Å². The summed E-state index contributed by atoms with van der Waals surface area (Å²) < 4.78 is 10.3. The van der Waals surface area contributed by atoms with Crippen molar-refractivity contribution in [2.75, 3.05) is 20.3 Å². The maximum absolute atomic E-state index is 9.53. The quantitative estimate of drug-likeness (QED) is 0.791. The van der Waals surface area contributed by atoms with E-state index in [4.69, 9.17) is 21.1 Å². The van der Waals surface area contributed by atoms with E-state index in [0.717, 1.165) is 12.0 Å². The Morgan fingerprint density at radius 2 is 2.07 bits per heavy atom. The van der Waals surface area contributed by atoms with Crippen molar-refractivity contribution in [2.45, 2.75) is 13.3 Å². The zero-order valence-electron chi connectivity index (χ0n) is 8.92. The molecule has 0 spiro atoms. The lowest BCUT2D eigenvalue weighted by molar-refractivity contribution is 0.171. The van der Waals surface area contributed by atoms with Crippen molar-refractivity contribution in [3.63, 3.8) is 0 Å². The van der Waals surface area contributed by atoms with Crippen LogP contribution in [0.5, 0.6) is 11.5 Å². The van der Waals surface area contributed by atoms with Crippen molar-refractivity contribution in [1.82, 2.24) is 0 Å². The highest BCUT2D eigenvalue weighted by atomic mass is 35.5. The molecule has 0 amide bonds. The van der Waals surface area contributed by atoms with E-state index in [9.17, 15) is 5.11 Å². The number of rotatable bonds is 5. The van der Waals surface area contributed by atoms with Crippen LogP contribution in [-0.2, 0) is 4.74 Å². The van der Waals surface area contributed by atoms with Gasteiger partial charge in [-0.2, -0.15) is 0 Å². The molecule has 1 aromatic carbocycles. The molecule has 3 nitrogen and oxygen atoms in total. The number of hydrogen-bond donors (Lipinski definition) is 1. The highest BCUT2D eigenvalue weighted by Crippen LogP contribution is 2.31. The second-order valence-electron chi connectivity index (χ2n) is 3.26. The van der Waals surface area contributed by atoms with Gasteiger partial charge in [-0.1, -0.05) is 11.6 Å². The molecule has 0 heterocycles. The average molecular weight is 231 g/mol. The Labute approximate surface area is 94.6 Å². The number of halogens is 1. The summed E-state index contributed by atoms with van der Waals surface area (Å²) in [5.74, 6) is 0.538. The van der Waals surface area contributed by atoms with Gasteiger partial charge in [-0.3, -0.25) is 0 Å². The maximum atomic E-state index is 9.53. The first-order valence-corrected chi connectivity index (χ1v) is 5.13. The summed E-state index contributed by atoms with van der Waals surface area (Å²) in [4.78, 5) is 0. The molecule has 84 valence electrons. The molecule has 0 bridgehead atoms. The second kappa shape index (κ2) is 5.83. The number of phenols is 1. The number of aromatic hydroxyl groups is 1. The number of aryl methyl sites for hydroxylation is 1. The zero-order chi connectivity index (χ0) is 11.3. The zero-order valence-corrected chi connectivity index (χ0v) is 9.67. The van der Waals surface area contributed by atoms with Crippen LogP contribution in [0.2, 0.25) is 5.02 Å². The van der Waals surface area contributed by atoms with Crippen molar-refractivity contribution < 1.29 is 14.6 Å². The van der Waals surface area contributed by atoms with Crippen LogP contribution < -0.4 is 4.74 Å². The number of benzene rings is 1. The average Bonchev–Trinajstić information content (AvgIpc) is 2.20. The summed E-state index contributed by atoms with van der Waals surface area (Å²) in [7, 11) is 1.64. The number of phenolic OH excluding ortho intramolecular Hbond substituents is 1. The largest absolute Gasteiger partial charge is 0.504 e. The standard InChI is InChI=1S/C11H15ClO3/c1-8-6-11(10(13)7-9(8)12)15-5-3-4-14-2/h6-7,13H,3-5H2,1-2H3. The molecule has 0 saturated heterocycles. The van der Waals surface area contributed by atoms with E-state index in [1.54, 1.807) is 13.2 Å². The molecule has 0 aliphatic rings. The molecule has 15 heavy (non-hydrogen) atoms. The highest BCUT2D eigenvalue weighted by Gasteiger charge is 2.05. The molecule has 4 heteroatoms. The molecule has 0 aliphatic heterocycles. The molecule has 0 saturated carbocycles. The molecule has 1 aromatic rings. The minimum Gasteiger partial charge on any atom is -0.504 e. The molecule has 0 unspecified atom stereocenters. The molecule has 1 N–H and O–H groups in total. The van der Waals surface area contributed by atoms with Crippen LogP contribution >= 0.6 is 11.6 Å². The summed E-state index contributed by atoms with van der Waals surface area (Å²) in [6, 6.07) is 3.22. The Morgan fingerprint density at radius 1 is 1.33 bits per heavy atom. The van der Waals surface area contributed by atoms with Crippen LogP contribution in [0.25, 0.3) is 0 Å². The smallest absolute Gasteiger partial charge is 0.161 e. The van der Waals surface area contributed by atoms with Crippen molar-refractivity contribution >= 4 is 11.6 Å². The third-order valence-electron chi connectivity index (χ3n) is 1.99. The number of methoxy groups -OCH3 is 1. The molecule has 0 aromatic heterocycles. The van der Waals surface area contributed by atoms with Gasteiger partial charge in [0.15, 0.2) is 11.5 Å². The monoisotopic (exact) mass is 230 g/mol. The van der Waals surface area contributed by atoms with Crippen LogP contribution in [0, 0.1) is 6.92 Å². The van der Waals surface area contributed by atoms with Gasteiger partial charge in [0.1, 0.15) is 0 Å². The van der Waals surface area contributed by atoms with E-state index in [0.29, 0.717) is 24.0 Å². The molecule has 1 rings (SSSR count). The predicted octanol–water partition coefficient (Wildman–Crippen LogP) is 2.77. The molecule has 0 radical (unpaired) electrons. The van der Waals surface area contributed by atoms with Crippen LogP contribution in [0.1, 0.15) is 12.0 Å². The first-order chi connectivity index (χ1) is 7.15. The third kappa shape index (κ3) is 3.61. The van der Waals surface area contributed by atoms with Crippen molar-refractivity contribution in [3.05, 3.63) is 22.7 Å². The second-order valence-corrected chi connectivity index (χ2v) is 3.67.